The minimum atomic E-state index is -4.21. The van der Waals surface area contributed by atoms with Crippen LogP contribution in [-0.4, -0.2) is 101 Å². The second-order valence-corrected chi connectivity index (χ2v) is 22.7. The van der Waals surface area contributed by atoms with Crippen molar-refractivity contribution in [2.75, 3.05) is 68.0 Å². The number of nitrogens with zero attached hydrogens (tertiary/aromatic N) is 11. The Morgan fingerprint density at radius 1 is 0.662 bits per heavy atom. The summed E-state index contributed by atoms with van der Waals surface area (Å²) in [6, 6.07) is 17.0. The Hall–Kier alpha value is -7.99. The van der Waals surface area contributed by atoms with Crippen molar-refractivity contribution in [3.05, 3.63) is 133 Å². The van der Waals surface area contributed by atoms with Crippen molar-refractivity contribution in [3.8, 4) is 22.3 Å². The van der Waals surface area contributed by atoms with Crippen LogP contribution in [0, 0.1) is 11.6 Å². The van der Waals surface area contributed by atoms with E-state index < -0.39 is 37.9 Å². The molecule has 77 heavy (non-hydrogen) atoms. The molecule has 0 radical (unpaired) electrons. The number of halogens is 2. The van der Waals surface area contributed by atoms with Gasteiger partial charge in [0.2, 0.25) is 5.03 Å². The minimum absolute atomic E-state index is 0.0163. The molecule has 0 aliphatic heterocycles. The fourth-order valence-electron chi connectivity index (χ4n) is 7.32. The number of pyridine rings is 3. The van der Waals surface area contributed by atoms with Gasteiger partial charge in [-0.1, -0.05) is 27.7 Å². The zero-order valence-corrected chi connectivity index (χ0v) is 47.4. The van der Waals surface area contributed by atoms with Crippen LogP contribution in [0.4, 0.5) is 42.3 Å². The van der Waals surface area contributed by atoms with Crippen LogP contribution in [0.15, 0.2) is 124 Å². The normalized spacial score (nSPS) is 11.8. The van der Waals surface area contributed by atoms with E-state index in [1.54, 1.807) is 41.6 Å². The van der Waals surface area contributed by atoms with Crippen molar-refractivity contribution in [2.24, 2.45) is 4.40 Å². The van der Waals surface area contributed by atoms with Crippen molar-refractivity contribution in [1.82, 2.24) is 34.3 Å². The summed E-state index contributed by atoms with van der Waals surface area (Å²) < 4.78 is 87.4. The Morgan fingerprint density at radius 2 is 1.13 bits per heavy atom. The van der Waals surface area contributed by atoms with E-state index in [4.69, 9.17) is 5.73 Å². The minimum Gasteiger partial charge on any atom is -0.806 e. The quantitative estimate of drug-likeness (QED) is 0.0407. The van der Waals surface area contributed by atoms with Crippen molar-refractivity contribution in [2.45, 2.75) is 89.4 Å². The predicted octanol–water partition coefficient (Wildman–Crippen LogP) is 7.80. The summed E-state index contributed by atoms with van der Waals surface area (Å²) in [6.45, 7) is 15.2. The number of urea groups is 1. The smallest absolute Gasteiger partial charge is 0.388 e. The topological polar surface area (TPSA) is 246 Å². The molecule has 5 aromatic heterocycles. The molecule has 0 fully saturated rings. The summed E-state index contributed by atoms with van der Waals surface area (Å²) in [5.41, 5.74) is 12.0. The first kappa shape index (κ1) is 59.9. The van der Waals surface area contributed by atoms with Gasteiger partial charge < -0.3 is 30.9 Å². The Kier molecular flexibility index (Phi) is 19.6. The van der Waals surface area contributed by atoms with E-state index in [1.165, 1.54) is 70.5 Å². The zero-order chi connectivity index (χ0) is 57.3. The number of anilines is 5. The van der Waals surface area contributed by atoms with Gasteiger partial charge in [-0.05, 0) is 122 Å². The molecule has 7 aromatic rings. The van der Waals surface area contributed by atoms with E-state index in [9.17, 15) is 35.5 Å². The molecule has 0 saturated heterocycles. The maximum Gasteiger partial charge on any atom is 0.388 e. The van der Waals surface area contributed by atoms with Crippen molar-refractivity contribution < 1.29 is 40.1 Å². The predicted molar refractivity (Wildman–Crippen MR) is 296 cm³/mol. The van der Waals surface area contributed by atoms with Gasteiger partial charge in [-0.15, -0.1) is 0 Å². The first-order valence-electron chi connectivity index (χ1n) is 24.3. The van der Waals surface area contributed by atoms with Crippen LogP contribution in [0.25, 0.3) is 22.3 Å². The van der Waals surface area contributed by atoms with Crippen molar-refractivity contribution in [3.63, 3.8) is 0 Å². The van der Waals surface area contributed by atoms with Gasteiger partial charge in [0.15, 0.2) is 5.03 Å². The van der Waals surface area contributed by atoms with Crippen LogP contribution in [0.3, 0.4) is 0 Å². The Balaban J connectivity index is 0.000000223. The highest BCUT2D eigenvalue weighted by Gasteiger charge is 2.26. The lowest BCUT2D eigenvalue weighted by Gasteiger charge is -2.20. The van der Waals surface area contributed by atoms with Gasteiger partial charge in [0, 0.05) is 118 Å². The molecule has 0 atom stereocenters. The molecule has 0 unspecified atom stereocenters. The molecule has 2 aromatic carbocycles. The Bertz CT molecular complexity index is 3430. The molecule has 0 bridgehead atoms. The third kappa shape index (κ3) is 15.6. The lowest BCUT2D eigenvalue weighted by molar-refractivity contribution is -0.613. The molecule has 24 heteroatoms. The van der Waals surface area contributed by atoms with Crippen LogP contribution in [0.5, 0.6) is 0 Å². The van der Waals surface area contributed by atoms with Gasteiger partial charge in [-0.3, -0.25) is 9.36 Å². The molecule has 0 aliphatic carbocycles. The molecular formula is C53H68F2N14O6S2. The molecular weight excluding hydrogens is 1030 g/mol. The largest absolute Gasteiger partial charge is 0.806 e. The van der Waals surface area contributed by atoms with Crippen LogP contribution < -0.4 is 40.1 Å². The molecule has 0 aliphatic rings. The van der Waals surface area contributed by atoms with Gasteiger partial charge >= 0.3 is 16.1 Å². The number of aromatic nitrogens is 7. The highest BCUT2D eigenvalue weighted by atomic mass is 32.2. The number of sulfonamides is 2. The maximum absolute atomic E-state index is 14.5. The molecule has 0 spiro atoms. The number of nitrogen functional groups attached to an aromatic ring is 1. The van der Waals surface area contributed by atoms with E-state index in [1.807, 2.05) is 124 Å². The lowest BCUT2D eigenvalue weighted by Crippen LogP contribution is -2.51. The van der Waals surface area contributed by atoms with Crippen LogP contribution in [0.2, 0.25) is 0 Å². The second kappa shape index (κ2) is 25.2. The summed E-state index contributed by atoms with van der Waals surface area (Å²) in [6.07, 6.45) is 9.29. The maximum atomic E-state index is 14.5. The highest BCUT2D eigenvalue weighted by molar-refractivity contribution is 7.90. The summed E-state index contributed by atoms with van der Waals surface area (Å²) in [7, 11) is 2.87. The third-order valence-corrected chi connectivity index (χ3v) is 13.9. The number of rotatable bonds is 14. The van der Waals surface area contributed by atoms with Crippen LogP contribution in [0.1, 0.15) is 90.4 Å². The van der Waals surface area contributed by atoms with Gasteiger partial charge in [-0.2, -0.15) is 27.0 Å². The monoisotopic (exact) mass is 1100 g/mol. The number of hydrogen-bond donors (Lipinski definition) is 3. The molecule has 4 N–H and O–H groups in total. The first-order valence-corrected chi connectivity index (χ1v) is 27.3. The lowest BCUT2D eigenvalue weighted by atomic mass is 9.94. The fourth-order valence-corrected chi connectivity index (χ4v) is 8.98. The highest BCUT2D eigenvalue weighted by Crippen LogP contribution is 2.37. The number of benzene rings is 2. The third-order valence-electron chi connectivity index (χ3n) is 11.6. The Morgan fingerprint density at radius 3 is 1.60 bits per heavy atom. The Labute approximate surface area is 450 Å². The van der Waals surface area contributed by atoms with Gasteiger partial charge in [0.05, 0.1) is 18.1 Å². The van der Waals surface area contributed by atoms with Gasteiger partial charge in [0.25, 0.3) is 16.0 Å². The molecule has 412 valence electrons. The number of amides is 2. The van der Waals surface area contributed by atoms with Crippen LogP contribution >= 0.6 is 0 Å². The number of nitrogens with two attached hydrogens (primary N) is 1. The number of carbonyl (C=O) groups excluding carboxylic acids is 1. The standard InChI is InChI=1S/C23H29FN6O3S.C16H20FN3.C14H19N5O3S/c1-14(2)18-12-17(24)13-19(16-7-9-25-20(11-16)29(5)6)22(18)26-23(31)28-34(32,33)21-8-10-30(27-21)15(3)4;1-10(2)13-8-12(17)9-14(16(13)18)11-5-6-19-15(7-11)20(3)4;1-11(2)19-10-7-13(15-19)23(21,22)16-14(20)18-8-5-12(6-9-18)17(3)4/h7-15H,1-6H3,(H2,26,28,31);5-10H,18H2,1-4H3;5-11H,1-4H3. The van der Waals surface area contributed by atoms with Gasteiger partial charge in [-0.25, -0.2) is 32.8 Å². The van der Waals surface area contributed by atoms with E-state index in [0.29, 0.717) is 33.9 Å². The van der Waals surface area contributed by atoms with E-state index in [-0.39, 0.29) is 39.8 Å². The van der Waals surface area contributed by atoms with Crippen LogP contribution in [-0.2, 0) is 20.0 Å². The summed E-state index contributed by atoms with van der Waals surface area (Å²) in [4.78, 5) is 26.9. The number of nitrogens with one attached hydrogen (secondary N) is 2. The van der Waals surface area contributed by atoms with Gasteiger partial charge in [0.1, 0.15) is 23.3 Å². The molecule has 0 saturated carbocycles. The zero-order valence-electron chi connectivity index (χ0n) is 45.7. The molecule has 7 rings (SSSR count). The van der Waals surface area contributed by atoms with E-state index in [0.717, 1.165) is 32.8 Å². The average molecular weight is 1100 g/mol. The fraction of sp³-hybridized carbons (Fsp3) is 0.340. The average Bonchev–Trinajstić information content (AvgIpc) is 4.09. The van der Waals surface area contributed by atoms with Crippen molar-refractivity contribution in [1.29, 1.82) is 0 Å². The summed E-state index contributed by atoms with van der Waals surface area (Å²) in [5.74, 6) is 0.752. The number of carbonyl (C=O) groups is 1. The summed E-state index contributed by atoms with van der Waals surface area (Å²) in [5, 5.41) is 22.1. The SMILES string of the molecule is CC(C)c1cc(F)cc(-c2ccnc(N(C)C)c2)c1N.CC(C)c1cc(F)cc(-c2ccnc(N(C)C)c2)c1NC(=O)NS(=O)(=O)c1ccn(C(C)C)n1.CC(C)n1ccc(S(=O)(=O)N=C([O-])[n+]2ccc(N(C)C)cc2)n1. The number of hydrogen-bond acceptors (Lipinski definition) is 14. The van der Waals surface area contributed by atoms with Crippen molar-refractivity contribution >= 4 is 60.8 Å². The summed E-state index contributed by atoms with van der Waals surface area (Å²) >= 11 is 0. The molecule has 5 heterocycles. The second-order valence-electron chi connectivity index (χ2n) is 19.5. The molecule has 20 nitrogen and oxygen atoms in total. The first-order chi connectivity index (χ1) is 36.0. The molecule has 2 amide bonds. The van der Waals surface area contributed by atoms with E-state index in [2.05, 4.69) is 29.9 Å². The van der Waals surface area contributed by atoms with E-state index >= 15 is 0 Å².